The first-order valence-electron chi connectivity index (χ1n) is 6.97. The smallest absolute Gasteiger partial charge is 0.260 e. The number of carbonyl (C=O) groups is 1. The Hall–Kier alpha value is -1.07. The van der Waals surface area contributed by atoms with Crippen LogP contribution in [0, 0.1) is 11.8 Å². The molecule has 1 N–H and O–H groups in total. The van der Waals surface area contributed by atoms with E-state index in [4.69, 9.17) is 4.74 Å². The van der Waals surface area contributed by atoms with Gasteiger partial charge in [0.15, 0.2) is 6.61 Å². The van der Waals surface area contributed by atoms with Gasteiger partial charge < -0.3 is 14.7 Å². The summed E-state index contributed by atoms with van der Waals surface area (Å²) in [5.74, 6) is 1.43. The molecule has 2 fully saturated rings. The van der Waals surface area contributed by atoms with Gasteiger partial charge in [-0.15, -0.1) is 0 Å². The van der Waals surface area contributed by atoms with Gasteiger partial charge in [-0.05, 0) is 37.0 Å². The van der Waals surface area contributed by atoms with E-state index in [0.29, 0.717) is 18.2 Å². The molecule has 0 spiro atoms. The zero-order chi connectivity index (χ0) is 14.1. The molecule has 3 unspecified atom stereocenters. The van der Waals surface area contributed by atoms with Crippen molar-refractivity contribution in [3.8, 4) is 5.75 Å². The Morgan fingerprint density at radius 1 is 1.40 bits per heavy atom. The Balaban J connectivity index is 1.53. The fraction of sp³-hybridized carbons (Fsp3) is 0.533. The number of halogens is 1. The summed E-state index contributed by atoms with van der Waals surface area (Å²) in [5, 5.41) is 9.86. The van der Waals surface area contributed by atoms with Crippen molar-refractivity contribution in [2.45, 2.75) is 18.9 Å². The van der Waals surface area contributed by atoms with E-state index in [2.05, 4.69) is 15.9 Å². The highest BCUT2D eigenvalue weighted by Gasteiger charge is 2.43. The molecule has 1 aromatic carbocycles. The molecular weight excluding hydrogens is 322 g/mol. The molecule has 1 aliphatic heterocycles. The van der Waals surface area contributed by atoms with Gasteiger partial charge in [-0.2, -0.15) is 0 Å². The van der Waals surface area contributed by atoms with E-state index in [1.807, 2.05) is 29.2 Å². The molecule has 0 radical (unpaired) electrons. The van der Waals surface area contributed by atoms with Gasteiger partial charge in [0, 0.05) is 23.5 Å². The van der Waals surface area contributed by atoms with Crippen LogP contribution in [0.15, 0.2) is 28.7 Å². The van der Waals surface area contributed by atoms with Crippen molar-refractivity contribution in [2.24, 2.45) is 11.8 Å². The van der Waals surface area contributed by atoms with Gasteiger partial charge in [-0.25, -0.2) is 0 Å². The third kappa shape index (κ3) is 2.83. The van der Waals surface area contributed by atoms with E-state index in [0.717, 1.165) is 23.9 Å². The molecule has 4 nitrogen and oxygen atoms in total. The maximum atomic E-state index is 12.1. The second-order valence-electron chi connectivity index (χ2n) is 5.61. The minimum atomic E-state index is -0.233. The molecule has 108 valence electrons. The summed E-state index contributed by atoms with van der Waals surface area (Å²) in [6.45, 7) is 1.50. The summed E-state index contributed by atoms with van der Waals surface area (Å²) >= 11 is 3.37. The average Bonchev–Trinajstić information content (AvgIpc) is 2.99. The third-order valence-electron chi connectivity index (χ3n) is 4.33. The number of hydrogen-bond donors (Lipinski definition) is 1. The molecule has 1 aliphatic carbocycles. The van der Waals surface area contributed by atoms with Crippen molar-refractivity contribution in [3.05, 3.63) is 28.7 Å². The van der Waals surface area contributed by atoms with Gasteiger partial charge in [0.2, 0.25) is 0 Å². The number of carbonyl (C=O) groups excluding carboxylic acids is 1. The second kappa shape index (κ2) is 5.74. The maximum absolute atomic E-state index is 12.1. The number of benzene rings is 1. The van der Waals surface area contributed by atoms with Crippen molar-refractivity contribution < 1.29 is 14.6 Å². The summed E-state index contributed by atoms with van der Waals surface area (Å²) in [6, 6.07) is 7.47. The number of amides is 1. The SMILES string of the molecule is O=C(COc1cccc(Br)c1)N1CC2CCC(O)C2C1. The summed E-state index contributed by atoms with van der Waals surface area (Å²) < 4.78 is 6.46. The highest BCUT2D eigenvalue weighted by molar-refractivity contribution is 9.10. The van der Waals surface area contributed by atoms with Crippen LogP contribution >= 0.6 is 15.9 Å². The molecule has 3 rings (SSSR count). The number of fused-ring (bicyclic) bond motifs is 1. The highest BCUT2D eigenvalue weighted by atomic mass is 79.9. The minimum absolute atomic E-state index is 0.00609. The number of aliphatic hydroxyl groups is 1. The Bertz CT molecular complexity index is 508. The zero-order valence-electron chi connectivity index (χ0n) is 11.2. The fourth-order valence-corrected chi connectivity index (χ4v) is 3.61. The van der Waals surface area contributed by atoms with Gasteiger partial charge in [0.05, 0.1) is 6.10 Å². The van der Waals surface area contributed by atoms with Crippen LogP contribution in [0.25, 0.3) is 0 Å². The molecule has 1 heterocycles. The summed E-state index contributed by atoms with van der Waals surface area (Å²) in [7, 11) is 0. The van der Waals surface area contributed by atoms with Crippen LogP contribution in [-0.4, -0.2) is 41.7 Å². The molecule has 1 saturated carbocycles. The third-order valence-corrected chi connectivity index (χ3v) is 4.82. The molecule has 0 bridgehead atoms. The molecule has 1 amide bonds. The van der Waals surface area contributed by atoms with Crippen molar-refractivity contribution >= 4 is 21.8 Å². The lowest BCUT2D eigenvalue weighted by Gasteiger charge is -2.18. The Labute approximate surface area is 126 Å². The second-order valence-corrected chi connectivity index (χ2v) is 6.53. The first-order chi connectivity index (χ1) is 9.63. The molecule has 1 aromatic rings. The lowest BCUT2D eigenvalue weighted by atomic mass is 10.00. The van der Waals surface area contributed by atoms with Gasteiger partial charge >= 0.3 is 0 Å². The number of ether oxygens (including phenoxy) is 1. The first-order valence-corrected chi connectivity index (χ1v) is 7.77. The summed E-state index contributed by atoms with van der Waals surface area (Å²) in [5.41, 5.74) is 0. The van der Waals surface area contributed by atoms with Crippen LogP contribution < -0.4 is 4.74 Å². The van der Waals surface area contributed by atoms with Crippen molar-refractivity contribution in [3.63, 3.8) is 0 Å². The van der Waals surface area contributed by atoms with Crippen molar-refractivity contribution in [1.82, 2.24) is 4.90 Å². The lowest BCUT2D eigenvalue weighted by molar-refractivity contribution is -0.132. The molecule has 1 saturated heterocycles. The summed E-state index contributed by atoms with van der Waals surface area (Å²) in [4.78, 5) is 14.0. The Kier molecular flexibility index (Phi) is 3.98. The summed E-state index contributed by atoms with van der Waals surface area (Å²) in [6.07, 6.45) is 1.68. The normalized spacial score (nSPS) is 28.5. The van der Waals surface area contributed by atoms with Gasteiger partial charge in [-0.1, -0.05) is 22.0 Å². The monoisotopic (exact) mass is 339 g/mol. The van der Waals surface area contributed by atoms with Crippen LogP contribution in [0.2, 0.25) is 0 Å². The minimum Gasteiger partial charge on any atom is -0.484 e. The lowest BCUT2D eigenvalue weighted by Crippen LogP contribution is -2.34. The highest BCUT2D eigenvalue weighted by Crippen LogP contribution is 2.38. The molecule has 20 heavy (non-hydrogen) atoms. The number of likely N-dealkylation sites (tertiary alicyclic amines) is 1. The fourth-order valence-electron chi connectivity index (χ4n) is 3.23. The Morgan fingerprint density at radius 2 is 2.25 bits per heavy atom. The number of hydrogen-bond acceptors (Lipinski definition) is 3. The van der Waals surface area contributed by atoms with Crippen molar-refractivity contribution in [1.29, 1.82) is 0 Å². The van der Waals surface area contributed by atoms with E-state index in [1.165, 1.54) is 0 Å². The van der Waals surface area contributed by atoms with Gasteiger partial charge in [-0.3, -0.25) is 4.79 Å². The molecule has 2 aliphatic rings. The largest absolute Gasteiger partial charge is 0.484 e. The molecule has 3 atom stereocenters. The first kappa shape index (κ1) is 13.9. The van der Waals surface area contributed by atoms with Gasteiger partial charge in [0.1, 0.15) is 5.75 Å². The molecule has 5 heteroatoms. The van der Waals surface area contributed by atoms with Crippen LogP contribution in [0.1, 0.15) is 12.8 Å². The number of aliphatic hydroxyl groups excluding tert-OH is 1. The van der Waals surface area contributed by atoms with E-state index < -0.39 is 0 Å². The van der Waals surface area contributed by atoms with Crippen LogP contribution in [0.5, 0.6) is 5.75 Å². The number of nitrogens with zero attached hydrogens (tertiary/aromatic N) is 1. The quantitative estimate of drug-likeness (QED) is 0.916. The van der Waals surface area contributed by atoms with Crippen molar-refractivity contribution in [2.75, 3.05) is 19.7 Å². The van der Waals surface area contributed by atoms with E-state index in [9.17, 15) is 9.90 Å². The van der Waals surface area contributed by atoms with Crippen LogP contribution in [0.3, 0.4) is 0 Å². The zero-order valence-corrected chi connectivity index (χ0v) is 12.8. The molecular formula is C15H18BrNO3. The van der Waals surface area contributed by atoms with Gasteiger partial charge in [0.25, 0.3) is 5.91 Å². The van der Waals surface area contributed by atoms with E-state index in [-0.39, 0.29) is 24.5 Å². The predicted molar refractivity (Wildman–Crippen MR) is 78.4 cm³/mol. The number of rotatable bonds is 3. The Morgan fingerprint density at radius 3 is 3.00 bits per heavy atom. The van der Waals surface area contributed by atoms with Crippen LogP contribution in [-0.2, 0) is 4.79 Å². The van der Waals surface area contributed by atoms with E-state index >= 15 is 0 Å². The standard InChI is InChI=1S/C15H18BrNO3/c16-11-2-1-3-12(6-11)20-9-15(19)17-7-10-4-5-14(18)13(10)8-17/h1-3,6,10,13-14,18H,4-5,7-9H2. The maximum Gasteiger partial charge on any atom is 0.260 e. The topological polar surface area (TPSA) is 49.8 Å². The van der Waals surface area contributed by atoms with E-state index in [1.54, 1.807) is 0 Å². The molecule has 0 aromatic heterocycles. The van der Waals surface area contributed by atoms with Crippen LogP contribution in [0.4, 0.5) is 0 Å². The average molecular weight is 340 g/mol. The predicted octanol–water partition coefficient (Wildman–Crippen LogP) is 2.06.